The zero-order valence-electron chi connectivity index (χ0n) is 9.32. The van der Waals surface area contributed by atoms with Crippen LogP contribution in [-0.4, -0.2) is 15.0 Å². The summed E-state index contributed by atoms with van der Waals surface area (Å²) < 4.78 is 0. The normalized spacial score (nSPS) is 10.4. The molecule has 2 heterocycles. The third-order valence-corrected chi connectivity index (χ3v) is 2.28. The van der Waals surface area contributed by atoms with Crippen molar-refractivity contribution in [2.24, 2.45) is 0 Å². The Morgan fingerprint density at radius 3 is 2.81 bits per heavy atom. The van der Waals surface area contributed by atoms with Crippen LogP contribution >= 0.6 is 0 Å². The number of aryl methyl sites for hydroxylation is 2. The predicted octanol–water partition coefficient (Wildman–Crippen LogP) is 1.70. The van der Waals surface area contributed by atoms with Gasteiger partial charge >= 0.3 is 0 Å². The first kappa shape index (κ1) is 10.5. The Balaban J connectivity index is 2.53. The first-order chi connectivity index (χ1) is 7.69. The van der Waals surface area contributed by atoms with E-state index in [1.54, 1.807) is 6.92 Å². The van der Waals surface area contributed by atoms with Crippen LogP contribution in [0.1, 0.15) is 18.3 Å². The van der Waals surface area contributed by atoms with Gasteiger partial charge in [-0.05, 0) is 25.5 Å². The Bertz CT molecular complexity index is 560. The third kappa shape index (κ3) is 2.16. The summed E-state index contributed by atoms with van der Waals surface area (Å²) in [4.78, 5) is 22.7. The molecule has 4 nitrogen and oxygen atoms in total. The summed E-state index contributed by atoms with van der Waals surface area (Å²) >= 11 is 0. The molecule has 16 heavy (non-hydrogen) atoms. The Morgan fingerprint density at radius 1 is 1.31 bits per heavy atom. The van der Waals surface area contributed by atoms with E-state index in [9.17, 15) is 4.79 Å². The first-order valence-electron chi connectivity index (χ1n) is 5.23. The summed E-state index contributed by atoms with van der Waals surface area (Å²) in [6, 6.07) is 7.19. The minimum atomic E-state index is -0.147. The van der Waals surface area contributed by atoms with E-state index in [-0.39, 0.29) is 5.56 Å². The molecule has 0 amide bonds. The zero-order chi connectivity index (χ0) is 11.5. The highest BCUT2D eigenvalue weighted by Crippen LogP contribution is 2.11. The molecule has 0 saturated carbocycles. The van der Waals surface area contributed by atoms with Gasteiger partial charge in [0, 0.05) is 17.5 Å². The minimum Gasteiger partial charge on any atom is -0.305 e. The predicted molar refractivity (Wildman–Crippen MR) is 62.2 cm³/mol. The molecule has 0 spiro atoms. The summed E-state index contributed by atoms with van der Waals surface area (Å²) in [6.07, 6.45) is 0.865. The second-order valence-electron chi connectivity index (χ2n) is 3.60. The molecule has 2 rings (SSSR count). The molecule has 0 bridgehead atoms. The van der Waals surface area contributed by atoms with E-state index in [1.165, 1.54) is 6.07 Å². The molecule has 0 unspecified atom stereocenters. The van der Waals surface area contributed by atoms with E-state index in [0.29, 0.717) is 17.2 Å². The van der Waals surface area contributed by atoms with Gasteiger partial charge in [-0.25, -0.2) is 9.97 Å². The Morgan fingerprint density at radius 2 is 2.12 bits per heavy atom. The van der Waals surface area contributed by atoms with Crippen molar-refractivity contribution < 1.29 is 0 Å². The lowest BCUT2D eigenvalue weighted by Gasteiger charge is -2.02. The fraction of sp³-hybridized carbons (Fsp3) is 0.250. The van der Waals surface area contributed by atoms with Gasteiger partial charge in [0.25, 0.3) is 5.56 Å². The van der Waals surface area contributed by atoms with Crippen molar-refractivity contribution in [2.75, 3.05) is 0 Å². The largest absolute Gasteiger partial charge is 0.305 e. The van der Waals surface area contributed by atoms with Crippen molar-refractivity contribution in [2.45, 2.75) is 20.3 Å². The van der Waals surface area contributed by atoms with Gasteiger partial charge in [0.1, 0.15) is 5.69 Å². The molecular formula is C12H13N3O. The van der Waals surface area contributed by atoms with Crippen molar-refractivity contribution in [3.05, 3.63) is 46.0 Å². The molecule has 0 radical (unpaired) electrons. The first-order valence-corrected chi connectivity index (χ1v) is 5.23. The standard InChI is InChI=1S/C12H13N3O/c1-3-9-5-4-6-10(14-9)12-13-8(2)7-11(16)15-12/h4-7H,3H2,1-2H3,(H,13,15,16). The molecule has 0 atom stereocenters. The molecule has 0 aliphatic heterocycles. The van der Waals surface area contributed by atoms with Crippen molar-refractivity contribution in [1.82, 2.24) is 15.0 Å². The quantitative estimate of drug-likeness (QED) is 0.829. The molecule has 0 aliphatic rings. The van der Waals surface area contributed by atoms with E-state index in [4.69, 9.17) is 0 Å². The van der Waals surface area contributed by atoms with Crippen molar-refractivity contribution in [1.29, 1.82) is 0 Å². The van der Waals surface area contributed by atoms with Gasteiger partial charge in [0.15, 0.2) is 5.82 Å². The van der Waals surface area contributed by atoms with Crippen LogP contribution in [0.4, 0.5) is 0 Å². The molecule has 4 heteroatoms. The minimum absolute atomic E-state index is 0.147. The lowest BCUT2D eigenvalue weighted by Crippen LogP contribution is -2.09. The van der Waals surface area contributed by atoms with Gasteiger partial charge in [0.2, 0.25) is 0 Å². The van der Waals surface area contributed by atoms with Crippen LogP contribution in [-0.2, 0) is 6.42 Å². The number of nitrogens with zero attached hydrogens (tertiary/aromatic N) is 2. The van der Waals surface area contributed by atoms with E-state index in [1.807, 2.05) is 25.1 Å². The van der Waals surface area contributed by atoms with Gasteiger partial charge in [0.05, 0.1) is 0 Å². The Kier molecular flexibility index (Phi) is 2.81. The number of nitrogens with one attached hydrogen (secondary N) is 1. The maximum absolute atomic E-state index is 11.3. The maximum Gasteiger partial charge on any atom is 0.251 e. The second-order valence-corrected chi connectivity index (χ2v) is 3.60. The van der Waals surface area contributed by atoms with Crippen LogP contribution in [0, 0.1) is 6.92 Å². The molecule has 0 saturated heterocycles. The molecule has 2 aromatic heterocycles. The van der Waals surface area contributed by atoms with Gasteiger partial charge in [-0.3, -0.25) is 4.79 Å². The molecule has 0 aliphatic carbocycles. The highest BCUT2D eigenvalue weighted by molar-refractivity contribution is 5.48. The fourth-order valence-corrected chi connectivity index (χ4v) is 1.51. The highest BCUT2D eigenvalue weighted by atomic mass is 16.1. The fourth-order valence-electron chi connectivity index (χ4n) is 1.51. The molecule has 0 aromatic carbocycles. The monoisotopic (exact) mass is 215 g/mol. The van der Waals surface area contributed by atoms with E-state index in [2.05, 4.69) is 15.0 Å². The summed E-state index contributed by atoms with van der Waals surface area (Å²) in [7, 11) is 0. The van der Waals surface area contributed by atoms with Crippen LogP contribution in [0.5, 0.6) is 0 Å². The summed E-state index contributed by atoms with van der Waals surface area (Å²) in [5.74, 6) is 0.528. The number of hydrogen-bond acceptors (Lipinski definition) is 3. The van der Waals surface area contributed by atoms with Gasteiger partial charge in [-0.15, -0.1) is 0 Å². The van der Waals surface area contributed by atoms with E-state index >= 15 is 0 Å². The topological polar surface area (TPSA) is 58.6 Å². The maximum atomic E-state index is 11.3. The number of H-pyrrole nitrogens is 1. The van der Waals surface area contributed by atoms with Gasteiger partial charge in [-0.2, -0.15) is 0 Å². The van der Waals surface area contributed by atoms with E-state index in [0.717, 1.165) is 12.1 Å². The molecule has 82 valence electrons. The molecule has 2 aromatic rings. The zero-order valence-corrected chi connectivity index (χ0v) is 9.32. The lowest BCUT2D eigenvalue weighted by molar-refractivity contribution is 1.01. The Hall–Kier alpha value is -1.97. The lowest BCUT2D eigenvalue weighted by atomic mass is 10.2. The van der Waals surface area contributed by atoms with Crippen LogP contribution < -0.4 is 5.56 Å². The third-order valence-electron chi connectivity index (χ3n) is 2.28. The second kappa shape index (κ2) is 4.26. The smallest absolute Gasteiger partial charge is 0.251 e. The average molecular weight is 215 g/mol. The number of aromatic amines is 1. The van der Waals surface area contributed by atoms with Crippen LogP contribution in [0.3, 0.4) is 0 Å². The molecule has 0 fully saturated rings. The number of rotatable bonds is 2. The number of pyridine rings is 1. The summed E-state index contributed by atoms with van der Waals surface area (Å²) in [6.45, 7) is 3.83. The van der Waals surface area contributed by atoms with Crippen LogP contribution in [0.15, 0.2) is 29.1 Å². The Labute approximate surface area is 93.4 Å². The number of hydrogen-bond donors (Lipinski definition) is 1. The van der Waals surface area contributed by atoms with Gasteiger partial charge in [-0.1, -0.05) is 13.0 Å². The van der Waals surface area contributed by atoms with E-state index < -0.39 is 0 Å². The highest BCUT2D eigenvalue weighted by Gasteiger charge is 2.03. The van der Waals surface area contributed by atoms with Gasteiger partial charge < -0.3 is 4.98 Å². The summed E-state index contributed by atoms with van der Waals surface area (Å²) in [5, 5.41) is 0. The SMILES string of the molecule is CCc1cccc(-c2nc(C)cc(=O)[nH]2)n1. The van der Waals surface area contributed by atoms with Crippen LogP contribution in [0.2, 0.25) is 0 Å². The van der Waals surface area contributed by atoms with Crippen molar-refractivity contribution in [3.63, 3.8) is 0 Å². The van der Waals surface area contributed by atoms with Crippen molar-refractivity contribution >= 4 is 0 Å². The van der Waals surface area contributed by atoms with Crippen LogP contribution in [0.25, 0.3) is 11.5 Å². The molecular weight excluding hydrogens is 202 g/mol. The summed E-state index contributed by atoms with van der Waals surface area (Å²) in [5.41, 5.74) is 2.25. The average Bonchev–Trinajstić information content (AvgIpc) is 2.28. The van der Waals surface area contributed by atoms with Crippen molar-refractivity contribution in [3.8, 4) is 11.5 Å². The number of aromatic nitrogens is 3. The molecule has 1 N–H and O–H groups in total.